The Kier molecular flexibility index (Phi) is 4.11. The molecule has 1 aromatic carbocycles. The first-order chi connectivity index (χ1) is 9.19. The number of hydrogen-bond donors (Lipinski definition) is 1. The number of nitrogens with zero attached hydrogens (tertiary/aromatic N) is 1. The Labute approximate surface area is 111 Å². The molecule has 0 aliphatic carbocycles. The first-order valence-electron chi connectivity index (χ1n) is 6.00. The van der Waals surface area contributed by atoms with Crippen molar-refractivity contribution in [1.29, 1.82) is 0 Å². The van der Waals surface area contributed by atoms with Crippen molar-refractivity contribution in [1.82, 2.24) is 0 Å². The second kappa shape index (κ2) is 5.79. The number of hydrogen-bond acceptors (Lipinski definition) is 5. The molecule has 1 amide bonds. The number of carbonyl (C=O) groups is 1. The van der Waals surface area contributed by atoms with E-state index in [1.54, 1.807) is 25.3 Å². The minimum Gasteiger partial charge on any atom is -0.493 e. The molecule has 0 bridgehead atoms. The lowest BCUT2D eigenvalue weighted by molar-refractivity contribution is 0.0453. The molecule has 0 aromatic heterocycles. The molecule has 6 heteroatoms. The maximum absolute atomic E-state index is 11.8. The molecule has 0 saturated carbocycles. The molecule has 0 spiro atoms. The topological polar surface area (TPSA) is 68.2 Å². The second-order valence-electron chi connectivity index (χ2n) is 4.17. The number of aliphatic hydroxyl groups excluding tert-OH is 1. The van der Waals surface area contributed by atoms with Crippen molar-refractivity contribution in [2.24, 2.45) is 0 Å². The van der Waals surface area contributed by atoms with Gasteiger partial charge in [0.05, 0.1) is 26.5 Å². The van der Waals surface area contributed by atoms with Crippen LogP contribution in [0.1, 0.15) is 6.42 Å². The summed E-state index contributed by atoms with van der Waals surface area (Å²) in [6, 6.07) is 5.22. The first kappa shape index (κ1) is 13.5. The van der Waals surface area contributed by atoms with Gasteiger partial charge in [0.15, 0.2) is 11.5 Å². The molecule has 104 valence electrons. The Morgan fingerprint density at radius 2 is 2.11 bits per heavy atom. The molecule has 1 atom stereocenters. The smallest absolute Gasteiger partial charge is 0.414 e. The van der Waals surface area contributed by atoms with Crippen LogP contribution in [0.2, 0.25) is 0 Å². The van der Waals surface area contributed by atoms with Gasteiger partial charge < -0.3 is 19.3 Å². The molecule has 1 aliphatic rings. The monoisotopic (exact) mass is 267 g/mol. The highest BCUT2D eigenvalue weighted by molar-refractivity contribution is 5.88. The highest BCUT2D eigenvalue weighted by atomic mass is 16.6. The first-order valence-corrected chi connectivity index (χ1v) is 6.00. The third-order valence-corrected chi connectivity index (χ3v) is 3.04. The molecule has 1 saturated heterocycles. The van der Waals surface area contributed by atoms with E-state index in [1.807, 2.05) is 0 Å². The average Bonchev–Trinajstić information content (AvgIpc) is 2.46. The lowest BCUT2D eigenvalue weighted by atomic mass is 10.2. The summed E-state index contributed by atoms with van der Waals surface area (Å²) in [5, 5.41) is 8.98. The molecule has 6 nitrogen and oxygen atoms in total. The number of aliphatic hydroxyl groups is 1. The van der Waals surface area contributed by atoms with Crippen molar-refractivity contribution in [3.63, 3.8) is 0 Å². The molecule has 1 N–H and O–H groups in total. The zero-order valence-corrected chi connectivity index (χ0v) is 11.0. The van der Waals surface area contributed by atoms with Gasteiger partial charge in [-0.2, -0.15) is 0 Å². The molecule has 1 unspecified atom stereocenters. The van der Waals surface area contributed by atoms with Crippen LogP contribution in [0, 0.1) is 0 Å². The van der Waals surface area contributed by atoms with E-state index in [4.69, 9.17) is 19.3 Å². The minimum absolute atomic E-state index is 0.147. The molecule has 2 rings (SSSR count). The molecule has 1 aliphatic heterocycles. The maximum atomic E-state index is 11.8. The van der Waals surface area contributed by atoms with Crippen LogP contribution in [0.3, 0.4) is 0 Å². The fourth-order valence-corrected chi connectivity index (χ4v) is 1.99. The third-order valence-electron chi connectivity index (χ3n) is 3.04. The number of cyclic esters (lactones) is 1. The zero-order valence-electron chi connectivity index (χ0n) is 11.0. The fraction of sp³-hybridized carbons (Fsp3) is 0.462. The SMILES string of the molecule is COc1ccc(N2CCC(CO)OC2=O)cc1OC. The Hall–Kier alpha value is -1.95. The summed E-state index contributed by atoms with van der Waals surface area (Å²) in [4.78, 5) is 13.3. The second-order valence-corrected chi connectivity index (χ2v) is 4.17. The largest absolute Gasteiger partial charge is 0.493 e. The summed E-state index contributed by atoms with van der Waals surface area (Å²) in [6.07, 6.45) is -0.280. The van der Waals surface area contributed by atoms with Crippen LogP contribution >= 0.6 is 0 Å². The number of carbonyl (C=O) groups excluding carboxylic acids is 1. The van der Waals surface area contributed by atoms with Crippen molar-refractivity contribution in [2.45, 2.75) is 12.5 Å². The van der Waals surface area contributed by atoms with Crippen LogP contribution in [-0.2, 0) is 4.74 Å². The third kappa shape index (κ3) is 2.73. The average molecular weight is 267 g/mol. The van der Waals surface area contributed by atoms with Crippen molar-refractivity contribution < 1.29 is 24.1 Å². The lowest BCUT2D eigenvalue weighted by Crippen LogP contribution is -2.43. The van der Waals surface area contributed by atoms with Crippen molar-refractivity contribution >= 4 is 11.8 Å². The van der Waals surface area contributed by atoms with Gasteiger partial charge in [0, 0.05) is 19.0 Å². The number of methoxy groups -OCH3 is 2. The fourth-order valence-electron chi connectivity index (χ4n) is 1.99. The van der Waals surface area contributed by atoms with Gasteiger partial charge in [0.2, 0.25) is 0 Å². The Morgan fingerprint density at radius 3 is 2.68 bits per heavy atom. The van der Waals surface area contributed by atoms with Crippen molar-refractivity contribution in [3.8, 4) is 11.5 Å². The predicted octanol–water partition coefficient (Wildman–Crippen LogP) is 1.41. The number of anilines is 1. The zero-order chi connectivity index (χ0) is 13.8. The molecular weight excluding hydrogens is 250 g/mol. The number of ether oxygens (including phenoxy) is 3. The number of benzene rings is 1. The summed E-state index contributed by atoms with van der Waals surface area (Å²) in [5.41, 5.74) is 0.680. The highest BCUT2D eigenvalue weighted by Gasteiger charge is 2.28. The highest BCUT2D eigenvalue weighted by Crippen LogP contribution is 2.32. The number of amides is 1. The Morgan fingerprint density at radius 1 is 1.37 bits per heavy atom. The number of rotatable bonds is 4. The van der Waals surface area contributed by atoms with Gasteiger partial charge in [-0.05, 0) is 12.1 Å². The molecule has 0 radical (unpaired) electrons. The predicted molar refractivity (Wildman–Crippen MR) is 68.9 cm³/mol. The van der Waals surface area contributed by atoms with Crippen LogP contribution < -0.4 is 14.4 Å². The Bertz CT molecular complexity index is 462. The van der Waals surface area contributed by atoms with E-state index in [0.29, 0.717) is 30.2 Å². The Balaban J connectivity index is 2.20. The van der Waals surface area contributed by atoms with Gasteiger partial charge >= 0.3 is 6.09 Å². The summed E-state index contributed by atoms with van der Waals surface area (Å²) in [6.45, 7) is 0.352. The van der Waals surface area contributed by atoms with Gasteiger partial charge in [0.25, 0.3) is 0 Å². The quantitative estimate of drug-likeness (QED) is 0.893. The maximum Gasteiger partial charge on any atom is 0.414 e. The van der Waals surface area contributed by atoms with E-state index in [9.17, 15) is 4.79 Å². The molecular formula is C13H17NO5. The molecule has 19 heavy (non-hydrogen) atoms. The van der Waals surface area contributed by atoms with Gasteiger partial charge in [-0.1, -0.05) is 0 Å². The summed E-state index contributed by atoms with van der Waals surface area (Å²) >= 11 is 0. The molecule has 1 aromatic rings. The molecule has 1 heterocycles. The van der Waals surface area contributed by atoms with Crippen LogP contribution in [0.5, 0.6) is 11.5 Å². The normalized spacial score (nSPS) is 19.0. The van der Waals surface area contributed by atoms with Crippen molar-refractivity contribution in [3.05, 3.63) is 18.2 Å². The van der Waals surface area contributed by atoms with E-state index in [0.717, 1.165) is 0 Å². The summed E-state index contributed by atoms with van der Waals surface area (Å²) in [5.74, 6) is 1.15. The van der Waals surface area contributed by atoms with E-state index in [2.05, 4.69) is 0 Å². The van der Waals surface area contributed by atoms with E-state index in [-0.39, 0.29) is 6.61 Å². The van der Waals surface area contributed by atoms with E-state index in [1.165, 1.54) is 12.0 Å². The lowest BCUT2D eigenvalue weighted by Gasteiger charge is -2.31. The summed E-state index contributed by atoms with van der Waals surface area (Å²) in [7, 11) is 3.09. The van der Waals surface area contributed by atoms with E-state index < -0.39 is 12.2 Å². The van der Waals surface area contributed by atoms with Gasteiger partial charge in [-0.3, -0.25) is 4.90 Å². The van der Waals surface area contributed by atoms with Crippen LogP contribution in [-0.4, -0.2) is 44.7 Å². The van der Waals surface area contributed by atoms with E-state index >= 15 is 0 Å². The summed E-state index contributed by atoms with van der Waals surface area (Å²) < 4.78 is 15.4. The molecule has 1 fully saturated rings. The van der Waals surface area contributed by atoms with Gasteiger partial charge in [-0.25, -0.2) is 4.79 Å². The van der Waals surface area contributed by atoms with Crippen LogP contribution in [0.4, 0.5) is 10.5 Å². The van der Waals surface area contributed by atoms with Gasteiger partial charge in [0.1, 0.15) is 6.10 Å². The minimum atomic E-state index is -0.461. The standard InChI is InChI=1S/C13H17NO5/c1-17-11-4-3-9(7-12(11)18-2)14-6-5-10(8-15)19-13(14)16/h3-4,7,10,15H,5-6,8H2,1-2H3. The van der Waals surface area contributed by atoms with Gasteiger partial charge in [-0.15, -0.1) is 0 Å². The van der Waals surface area contributed by atoms with Crippen molar-refractivity contribution in [2.75, 3.05) is 32.3 Å². The van der Waals surface area contributed by atoms with Crippen LogP contribution in [0.15, 0.2) is 18.2 Å². The van der Waals surface area contributed by atoms with Crippen LogP contribution in [0.25, 0.3) is 0 Å².